The third-order valence-electron chi connectivity index (χ3n) is 5.21. The minimum atomic E-state index is -0.194. The van der Waals surface area contributed by atoms with Crippen molar-refractivity contribution in [1.29, 1.82) is 0 Å². The third kappa shape index (κ3) is 6.36. The lowest BCUT2D eigenvalue weighted by atomic mass is 9.89. The molecule has 0 spiro atoms. The Kier molecular flexibility index (Phi) is 8.86. The molecule has 1 aromatic carbocycles. The first kappa shape index (κ1) is 22.0. The van der Waals surface area contributed by atoms with Gasteiger partial charge in [-0.05, 0) is 60.3 Å². The van der Waals surface area contributed by atoms with E-state index in [2.05, 4.69) is 6.92 Å². The van der Waals surface area contributed by atoms with Gasteiger partial charge in [-0.2, -0.15) is 0 Å². The van der Waals surface area contributed by atoms with Gasteiger partial charge in [0, 0.05) is 6.42 Å². The quantitative estimate of drug-likeness (QED) is 0.471. The second-order valence-electron chi connectivity index (χ2n) is 6.77. The first-order chi connectivity index (χ1) is 13.0. The smallest absolute Gasteiger partial charge is 0.305 e. The summed E-state index contributed by atoms with van der Waals surface area (Å²) >= 11 is 6.64. The zero-order valence-electron chi connectivity index (χ0n) is 16.3. The zero-order chi connectivity index (χ0) is 19.8. The Labute approximate surface area is 171 Å². The predicted molar refractivity (Wildman–Crippen MR) is 111 cm³/mol. The molecule has 2 rings (SSSR count). The third-order valence-corrected chi connectivity index (χ3v) is 6.24. The van der Waals surface area contributed by atoms with E-state index in [-0.39, 0.29) is 29.8 Å². The highest BCUT2D eigenvalue weighted by Gasteiger charge is 2.43. The van der Waals surface area contributed by atoms with Crippen molar-refractivity contribution >= 4 is 34.3 Å². The standard InChI is InChI=1S/C20H28O5S2/c1-13-17(12-24-11-14-5-7-16(22-2)8-6-14)15(10-19(21)23-3)9-18(13)25-20(26)27-4/h5-8,13,15,17-18H,9-12H2,1-4H3/t13-,15-,17-,18+/m1/s1. The Hall–Kier alpha value is -1.31. The van der Waals surface area contributed by atoms with E-state index in [1.807, 2.05) is 30.5 Å². The summed E-state index contributed by atoms with van der Waals surface area (Å²) in [6, 6.07) is 7.83. The van der Waals surface area contributed by atoms with Crippen LogP contribution >= 0.6 is 24.0 Å². The summed E-state index contributed by atoms with van der Waals surface area (Å²) in [6.45, 7) is 3.24. The second-order valence-corrected chi connectivity index (χ2v) is 8.18. The molecule has 4 atom stereocenters. The number of hydrogen-bond acceptors (Lipinski definition) is 7. The monoisotopic (exact) mass is 412 g/mol. The molecular weight excluding hydrogens is 384 g/mol. The summed E-state index contributed by atoms with van der Waals surface area (Å²) in [7, 11) is 3.07. The molecule has 0 unspecified atom stereocenters. The highest BCUT2D eigenvalue weighted by Crippen LogP contribution is 2.41. The van der Waals surface area contributed by atoms with Crippen LogP contribution < -0.4 is 4.74 Å². The van der Waals surface area contributed by atoms with Gasteiger partial charge in [-0.15, -0.1) is 0 Å². The van der Waals surface area contributed by atoms with Crippen molar-refractivity contribution in [3.8, 4) is 5.75 Å². The van der Waals surface area contributed by atoms with Crippen LogP contribution in [0, 0.1) is 17.8 Å². The summed E-state index contributed by atoms with van der Waals surface area (Å²) in [6.07, 6.45) is 3.08. The van der Waals surface area contributed by atoms with Gasteiger partial charge in [0.05, 0.1) is 27.4 Å². The molecule has 7 heteroatoms. The minimum absolute atomic E-state index is 0.00851. The normalized spacial score (nSPS) is 24.4. The molecule has 1 fully saturated rings. The average molecular weight is 413 g/mol. The van der Waals surface area contributed by atoms with Gasteiger partial charge in [-0.25, -0.2) is 0 Å². The van der Waals surface area contributed by atoms with Crippen LogP contribution in [0.15, 0.2) is 24.3 Å². The number of thiocarbonyl (C=S) groups is 1. The molecule has 0 heterocycles. The number of hydrogen-bond donors (Lipinski definition) is 0. The molecule has 0 aliphatic heterocycles. The van der Waals surface area contributed by atoms with Crippen molar-refractivity contribution in [2.45, 2.75) is 32.5 Å². The fourth-order valence-electron chi connectivity index (χ4n) is 3.57. The molecule has 0 aromatic heterocycles. The predicted octanol–water partition coefficient (Wildman–Crippen LogP) is 4.08. The molecule has 1 saturated carbocycles. The van der Waals surface area contributed by atoms with E-state index in [9.17, 15) is 4.79 Å². The average Bonchev–Trinajstić information content (AvgIpc) is 2.96. The van der Waals surface area contributed by atoms with Crippen LogP contribution in [0.1, 0.15) is 25.3 Å². The molecule has 0 saturated heterocycles. The van der Waals surface area contributed by atoms with Crippen LogP contribution in [0.2, 0.25) is 0 Å². The second kappa shape index (κ2) is 10.9. The number of ether oxygens (including phenoxy) is 4. The largest absolute Gasteiger partial charge is 0.497 e. The van der Waals surface area contributed by atoms with E-state index >= 15 is 0 Å². The molecule has 27 heavy (non-hydrogen) atoms. The molecule has 1 aliphatic carbocycles. The van der Waals surface area contributed by atoms with Crippen LogP contribution in [0.25, 0.3) is 0 Å². The minimum Gasteiger partial charge on any atom is -0.497 e. The van der Waals surface area contributed by atoms with Crippen LogP contribution in [-0.2, 0) is 25.6 Å². The van der Waals surface area contributed by atoms with Crippen LogP contribution in [0.3, 0.4) is 0 Å². The van der Waals surface area contributed by atoms with Crippen LogP contribution in [-0.4, -0.2) is 43.5 Å². The van der Waals surface area contributed by atoms with Crippen molar-refractivity contribution in [2.75, 3.05) is 27.1 Å². The molecule has 1 aliphatic rings. The first-order valence-corrected chi connectivity index (χ1v) is 10.6. The van der Waals surface area contributed by atoms with Gasteiger partial charge in [0.15, 0.2) is 0 Å². The number of thioether (sulfide) groups is 1. The van der Waals surface area contributed by atoms with Gasteiger partial charge in [0.2, 0.25) is 4.38 Å². The van der Waals surface area contributed by atoms with E-state index < -0.39 is 0 Å². The molecule has 1 aromatic rings. The maximum atomic E-state index is 11.8. The molecule has 0 amide bonds. The van der Waals surface area contributed by atoms with Gasteiger partial charge >= 0.3 is 5.97 Å². The van der Waals surface area contributed by atoms with Crippen LogP contribution in [0.4, 0.5) is 0 Å². The number of rotatable bonds is 8. The number of methoxy groups -OCH3 is 2. The number of carbonyl (C=O) groups is 1. The van der Waals surface area contributed by atoms with Crippen molar-refractivity contribution in [3.63, 3.8) is 0 Å². The Morgan fingerprint density at radius 1 is 1.26 bits per heavy atom. The van der Waals surface area contributed by atoms with Crippen LogP contribution in [0.5, 0.6) is 5.75 Å². The highest BCUT2D eigenvalue weighted by molar-refractivity contribution is 8.22. The molecule has 0 bridgehead atoms. The Bertz CT molecular complexity index is 619. The molecule has 5 nitrogen and oxygen atoms in total. The fraction of sp³-hybridized carbons (Fsp3) is 0.600. The lowest BCUT2D eigenvalue weighted by molar-refractivity contribution is -0.142. The summed E-state index contributed by atoms with van der Waals surface area (Å²) < 4.78 is 22.5. The van der Waals surface area contributed by atoms with Crippen molar-refractivity contribution < 1.29 is 23.7 Å². The summed E-state index contributed by atoms with van der Waals surface area (Å²) in [4.78, 5) is 11.8. The van der Waals surface area contributed by atoms with Crippen molar-refractivity contribution in [3.05, 3.63) is 29.8 Å². The topological polar surface area (TPSA) is 54.0 Å². The molecule has 150 valence electrons. The van der Waals surface area contributed by atoms with E-state index in [1.165, 1.54) is 18.9 Å². The summed E-state index contributed by atoms with van der Waals surface area (Å²) in [5, 5.41) is 0. The summed E-state index contributed by atoms with van der Waals surface area (Å²) in [5.74, 6) is 1.27. The maximum absolute atomic E-state index is 11.8. The van der Waals surface area contributed by atoms with E-state index in [1.54, 1.807) is 7.11 Å². The van der Waals surface area contributed by atoms with E-state index in [0.29, 0.717) is 24.0 Å². The number of benzene rings is 1. The first-order valence-electron chi connectivity index (χ1n) is 9.00. The lowest BCUT2D eigenvalue weighted by Gasteiger charge is -2.23. The highest BCUT2D eigenvalue weighted by atomic mass is 32.2. The zero-order valence-corrected chi connectivity index (χ0v) is 17.9. The number of esters is 1. The Morgan fingerprint density at radius 3 is 2.56 bits per heavy atom. The Morgan fingerprint density at radius 2 is 1.96 bits per heavy atom. The van der Waals surface area contributed by atoms with Gasteiger partial charge in [-0.1, -0.05) is 30.8 Å². The number of carbonyl (C=O) groups excluding carboxylic acids is 1. The van der Waals surface area contributed by atoms with Crippen molar-refractivity contribution in [1.82, 2.24) is 0 Å². The van der Waals surface area contributed by atoms with Gasteiger partial charge in [0.1, 0.15) is 11.9 Å². The van der Waals surface area contributed by atoms with Gasteiger partial charge < -0.3 is 18.9 Å². The molecule has 0 N–H and O–H groups in total. The maximum Gasteiger partial charge on any atom is 0.305 e. The van der Waals surface area contributed by atoms with Gasteiger partial charge in [0.25, 0.3) is 0 Å². The Balaban J connectivity index is 1.96. The van der Waals surface area contributed by atoms with Crippen molar-refractivity contribution in [2.24, 2.45) is 17.8 Å². The van der Waals surface area contributed by atoms with E-state index in [0.717, 1.165) is 17.7 Å². The SMILES string of the molecule is COC(=O)C[C@H]1C[C@H](OC(=S)SC)[C@H](C)[C@H]1COCc1ccc(OC)cc1. The molecular formula is C20H28O5S2. The fourth-order valence-corrected chi connectivity index (χ4v) is 3.92. The van der Waals surface area contributed by atoms with E-state index in [4.69, 9.17) is 31.2 Å². The van der Waals surface area contributed by atoms with Gasteiger partial charge in [-0.3, -0.25) is 4.79 Å². The summed E-state index contributed by atoms with van der Waals surface area (Å²) in [5.41, 5.74) is 1.09. The molecule has 0 radical (unpaired) electrons. The lowest BCUT2D eigenvalue weighted by Crippen LogP contribution is -2.25.